The maximum atomic E-state index is 12.8. The van der Waals surface area contributed by atoms with Crippen molar-refractivity contribution in [2.45, 2.75) is 75.9 Å². The normalized spacial score (nSPS) is 20.1. The zero-order chi connectivity index (χ0) is 36.1. The number of hydrogen-bond acceptors (Lipinski definition) is 4. The average Bonchev–Trinajstić information content (AvgIpc) is 3.82. The number of aromatic hydroxyl groups is 1. The zero-order valence-electron chi connectivity index (χ0n) is 31.9. The van der Waals surface area contributed by atoms with Gasteiger partial charge < -0.3 is 26.7 Å². The standard InChI is InChI=1S/C44H48N2O3.C2H5.2Zn/c1-33-29-34(31-45-27-15-25-40(45)43(48,36-17-7-3-8-18-36)37-19-9-4-10-20-37)42(47)35(30-33)32-46(2)28-16-26-41(46)44(49,38-21-11-5-12-22-38)39-23-13-6-14-24-39;1-2;;/h3-14,17-24,29-30,40-41,48-49H,15-16,25-28,31-32H2,1-2H3;1H2,2H3;;/q;-1;;/p+1/t40?,41?,46-;;;/m0.../s1. The number of likely N-dealkylation sites (N-methyl/N-ethyl adjacent to an activating group) is 1. The molecule has 0 saturated carbocycles. The van der Waals surface area contributed by atoms with E-state index in [1.165, 1.54) is 0 Å². The van der Waals surface area contributed by atoms with Crippen LogP contribution in [0.2, 0.25) is 0 Å². The van der Waals surface area contributed by atoms with Crippen LogP contribution < -0.4 is 0 Å². The fourth-order valence-electron chi connectivity index (χ4n) is 9.11. The van der Waals surface area contributed by atoms with E-state index < -0.39 is 11.2 Å². The van der Waals surface area contributed by atoms with E-state index in [4.69, 9.17) is 0 Å². The topological polar surface area (TPSA) is 63.9 Å². The first-order valence-corrected chi connectivity index (χ1v) is 18.5. The first kappa shape index (κ1) is 42.7. The van der Waals surface area contributed by atoms with Gasteiger partial charge in [0.05, 0.1) is 13.6 Å². The second-order valence-electron chi connectivity index (χ2n) is 14.6. The van der Waals surface area contributed by atoms with Crippen molar-refractivity contribution in [3.63, 3.8) is 0 Å². The molecule has 5 aromatic rings. The molecule has 0 aromatic heterocycles. The van der Waals surface area contributed by atoms with Crippen LogP contribution in [-0.4, -0.2) is 56.9 Å². The largest absolute Gasteiger partial charge is 0.507 e. The predicted molar refractivity (Wildman–Crippen MR) is 207 cm³/mol. The Kier molecular flexibility index (Phi) is 15.0. The Morgan fingerprint density at radius 2 is 1.09 bits per heavy atom. The molecule has 5 nitrogen and oxygen atoms in total. The van der Waals surface area contributed by atoms with Crippen molar-refractivity contribution in [3.05, 3.63) is 179 Å². The molecule has 2 aliphatic rings. The summed E-state index contributed by atoms with van der Waals surface area (Å²) in [5, 5.41) is 37.5. The molecule has 270 valence electrons. The summed E-state index contributed by atoms with van der Waals surface area (Å²) in [5.74, 6) is 0.326. The van der Waals surface area contributed by atoms with Crippen molar-refractivity contribution in [2.24, 2.45) is 0 Å². The molecule has 0 spiro atoms. The number of phenolic OH excluding ortho intramolecular Hbond substituents is 1. The molecule has 2 unspecified atom stereocenters. The molecule has 53 heavy (non-hydrogen) atoms. The number of aliphatic hydroxyl groups is 2. The fraction of sp³-hybridized carbons (Fsp3) is 0.326. The van der Waals surface area contributed by atoms with Gasteiger partial charge >= 0.3 is 0 Å². The van der Waals surface area contributed by atoms with E-state index in [0.717, 1.165) is 77.7 Å². The van der Waals surface area contributed by atoms with Crippen LogP contribution in [0.1, 0.15) is 71.6 Å². The van der Waals surface area contributed by atoms with Gasteiger partial charge in [0, 0.05) is 75.5 Å². The van der Waals surface area contributed by atoms with Gasteiger partial charge in [0.2, 0.25) is 0 Å². The minimum atomic E-state index is -1.19. The molecule has 7 rings (SSSR count). The van der Waals surface area contributed by atoms with Crippen molar-refractivity contribution < 1.29 is 58.8 Å². The van der Waals surface area contributed by atoms with E-state index in [1.54, 1.807) is 6.92 Å². The summed E-state index contributed by atoms with van der Waals surface area (Å²) < 4.78 is 0.616. The van der Waals surface area contributed by atoms with Crippen molar-refractivity contribution in [3.8, 4) is 5.75 Å². The number of aryl methyl sites for hydroxylation is 1. The maximum absolute atomic E-state index is 12.8. The number of rotatable bonds is 10. The maximum Gasteiger partial charge on any atom is 0.166 e. The molecule has 2 aliphatic heterocycles. The van der Waals surface area contributed by atoms with Gasteiger partial charge in [-0.3, -0.25) is 4.90 Å². The van der Waals surface area contributed by atoms with Gasteiger partial charge in [-0.15, -0.1) is 0 Å². The molecule has 2 heterocycles. The van der Waals surface area contributed by atoms with Crippen molar-refractivity contribution in [1.29, 1.82) is 0 Å². The summed E-state index contributed by atoms with van der Waals surface area (Å²) in [4.78, 5) is 2.36. The minimum absolute atomic E-state index is 0. The zero-order valence-corrected chi connectivity index (χ0v) is 37.8. The second kappa shape index (κ2) is 18.5. The number of benzene rings is 5. The van der Waals surface area contributed by atoms with Gasteiger partial charge in [0.25, 0.3) is 0 Å². The van der Waals surface area contributed by atoms with Gasteiger partial charge in [-0.2, -0.15) is 6.92 Å². The van der Waals surface area contributed by atoms with Crippen LogP contribution >= 0.6 is 0 Å². The summed E-state index contributed by atoms with van der Waals surface area (Å²) in [7, 11) is 2.24. The Balaban J connectivity index is 0.00000154. The van der Waals surface area contributed by atoms with E-state index in [1.807, 2.05) is 121 Å². The molecule has 0 amide bonds. The Bertz CT molecular complexity index is 1780. The van der Waals surface area contributed by atoms with Crippen LogP contribution in [-0.2, 0) is 63.2 Å². The van der Waals surface area contributed by atoms with Crippen LogP contribution in [0, 0.1) is 13.8 Å². The van der Waals surface area contributed by atoms with Crippen LogP contribution in [0.5, 0.6) is 5.75 Å². The van der Waals surface area contributed by atoms with E-state index in [-0.39, 0.29) is 51.0 Å². The monoisotopic (exact) mass is 810 g/mol. The summed E-state index contributed by atoms with van der Waals surface area (Å²) in [5.41, 5.74) is 4.08. The third-order valence-electron chi connectivity index (χ3n) is 11.4. The third-order valence-corrected chi connectivity index (χ3v) is 11.4. The Morgan fingerprint density at radius 3 is 1.57 bits per heavy atom. The third kappa shape index (κ3) is 8.47. The number of likely N-dealkylation sites (tertiary alicyclic amines) is 2. The van der Waals surface area contributed by atoms with Gasteiger partial charge in [-0.05, 0) is 54.6 Å². The van der Waals surface area contributed by atoms with E-state index in [2.05, 4.69) is 37.9 Å². The fourth-order valence-corrected chi connectivity index (χ4v) is 9.11. The number of quaternary nitrogens is 1. The van der Waals surface area contributed by atoms with Crippen LogP contribution in [0.3, 0.4) is 0 Å². The van der Waals surface area contributed by atoms with Gasteiger partial charge in [0.15, 0.2) is 5.60 Å². The summed E-state index contributed by atoms with van der Waals surface area (Å²) in [6, 6.07) is 44.2. The van der Waals surface area contributed by atoms with E-state index in [9.17, 15) is 15.3 Å². The SMILES string of the molecule is Cc1cc(CN2CCCC2C(O)(c2ccccc2)c2ccccc2)c(O)c(C[N@+]2(C)CCCC2C(O)(c2ccccc2)c2ccccc2)c1.[CH2-]C.[Zn].[Zn]. The molecule has 3 N–H and O–H groups in total. The Morgan fingerprint density at radius 1 is 0.660 bits per heavy atom. The number of phenols is 1. The molecule has 0 radical (unpaired) electrons. The molecule has 0 bridgehead atoms. The van der Waals surface area contributed by atoms with Crippen LogP contribution in [0.15, 0.2) is 133 Å². The number of hydrogen-bond donors (Lipinski definition) is 3. The van der Waals surface area contributed by atoms with Gasteiger partial charge in [0.1, 0.15) is 23.9 Å². The first-order chi connectivity index (χ1) is 24.7. The molecule has 7 heteroatoms. The first-order valence-electron chi connectivity index (χ1n) is 18.5. The average molecular weight is 814 g/mol. The predicted octanol–water partition coefficient (Wildman–Crippen LogP) is 8.48. The van der Waals surface area contributed by atoms with Crippen LogP contribution in [0.4, 0.5) is 0 Å². The van der Waals surface area contributed by atoms with Crippen molar-refractivity contribution in [2.75, 3.05) is 20.1 Å². The van der Waals surface area contributed by atoms with E-state index >= 15 is 0 Å². The molecule has 2 saturated heterocycles. The molecule has 2 fully saturated rings. The van der Waals surface area contributed by atoms with Crippen LogP contribution in [0.25, 0.3) is 0 Å². The molecule has 5 aromatic carbocycles. The van der Waals surface area contributed by atoms with Gasteiger partial charge in [-0.1, -0.05) is 133 Å². The molecular formula is C46H54N2O3Zn2. The van der Waals surface area contributed by atoms with Crippen molar-refractivity contribution in [1.82, 2.24) is 4.90 Å². The Labute approximate surface area is 342 Å². The summed E-state index contributed by atoms with van der Waals surface area (Å²) >= 11 is 0. The summed E-state index contributed by atoms with van der Waals surface area (Å²) in [6.45, 7) is 9.99. The quantitative estimate of drug-likeness (QED) is 0.0753. The van der Waals surface area contributed by atoms with E-state index in [0.29, 0.717) is 23.3 Å². The Hall–Kier alpha value is -3.01. The molecular weight excluding hydrogens is 759 g/mol. The summed E-state index contributed by atoms with van der Waals surface area (Å²) in [6.07, 6.45) is 3.70. The van der Waals surface area contributed by atoms with Crippen molar-refractivity contribution >= 4 is 0 Å². The smallest absolute Gasteiger partial charge is 0.166 e. The number of nitrogens with zero attached hydrogens (tertiary/aromatic N) is 2. The second-order valence-corrected chi connectivity index (χ2v) is 14.6. The minimum Gasteiger partial charge on any atom is -0.507 e. The van der Waals surface area contributed by atoms with Gasteiger partial charge in [-0.25, -0.2) is 0 Å². The molecule has 0 aliphatic carbocycles. The molecule has 3 atom stereocenters.